The van der Waals surface area contributed by atoms with E-state index in [4.69, 9.17) is 14.2 Å². The number of hydrogen-bond donors (Lipinski definition) is 0. The van der Waals surface area contributed by atoms with E-state index in [2.05, 4.69) is 29.2 Å². The summed E-state index contributed by atoms with van der Waals surface area (Å²) in [4.78, 5) is 24.8. The fourth-order valence-electron chi connectivity index (χ4n) is 2.79. The Morgan fingerprint density at radius 1 is 1.24 bits per heavy atom. The van der Waals surface area contributed by atoms with Gasteiger partial charge in [-0.05, 0) is 59.3 Å². The summed E-state index contributed by atoms with van der Waals surface area (Å²) in [5.41, 5.74) is -1.24. The van der Waals surface area contributed by atoms with Crippen LogP contribution in [0, 0.1) is 11.3 Å². The highest BCUT2D eigenvalue weighted by Crippen LogP contribution is 2.46. The molecule has 21 heavy (non-hydrogen) atoms. The van der Waals surface area contributed by atoms with Crippen LogP contribution >= 0.6 is 22.6 Å². The third-order valence-corrected chi connectivity index (χ3v) is 4.71. The van der Waals surface area contributed by atoms with E-state index in [1.165, 1.54) is 0 Å². The first kappa shape index (κ1) is 18.4. The summed E-state index contributed by atoms with van der Waals surface area (Å²) < 4.78 is 16.6. The van der Waals surface area contributed by atoms with Gasteiger partial charge in [0.1, 0.15) is 0 Å². The summed E-state index contributed by atoms with van der Waals surface area (Å²) in [7, 11) is 1.64. The number of carbonyl (C=O) groups excluding carboxylic acids is 2. The smallest absolute Gasteiger partial charge is 0.323 e. The molecule has 0 unspecified atom stereocenters. The molecule has 6 heteroatoms. The molecule has 1 saturated carbocycles. The van der Waals surface area contributed by atoms with Gasteiger partial charge >= 0.3 is 11.9 Å². The zero-order valence-electron chi connectivity index (χ0n) is 12.8. The molecule has 120 valence electrons. The Morgan fingerprint density at radius 2 is 1.76 bits per heavy atom. The van der Waals surface area contributed by atoms with Gasteiger partial charge in [-0.1, -0.05) is 6.58 Å². The van der Waals surface area contributed by atoms with E-state index in [1.54, 1.807) is 21.0 Å². The average molecular weight is 410 g/mol. The number of rotatable bonds is 6. The van der Waals surface area contributed by atoms with Gasteiger partial charge in [0.25, 0.3) is 0 Å². The second-order valence-corrected chi connectivity index (χ2v) is 6.48. The third-order valence-electron chi connectivity index (χ3n) is 3.91. The molecule has 1 aliphatic carbocycles. The largest absolute Gasteiger partial charge is 0.465 e. The molecular weight excluding hydrogens is 387 g/mol. The van der Waals surface area contributed by atoms with Crippen molar-refractivity contribution in [2.45, 2.75) is 39.2 Å². The molecule has 1 rings (SSSR count). The number of ether oxygens (including phenoxy) is 3. The predicted octanol–water partition coefficient (Wildman–Crippen LogP) is 2.86. The molecule has 0 heterocycles. The van der Waals surface area contributed by atoms with E-state index >= 15 is 0 Å². The van der Waals surface area contributed by atoms with Crippen molar-refractivity contribution in [2.24, 2.45) is 11.3 Å². The van der Waals surface area contributed by atoms with Crippen LogP contribution in [0.1, 0.15) is 33.1 Å². The van der Waals surface area contributed by atoms with Crippen LogP contribution in [0.2, 0.25) is 0 Å². The van der Waals surface area contributed by atoms with Gasteiger partial charge in [0.05, 0.1) is 19.3 Å². The molecule has 1 fully saturated rings. The van der Waals surface area contributed by atoms with Crippen molar-refractivity contribution >= 4 is 34.5 Å². The molecule has 0 aromatic rings. The lowest BCUT2D eigenvalue weighted by Gasteiger charge is -2.40. The summed E-state index contributed by atoms with van der Waals surface area (Å²) in [6, 6.07) is 0. The van der Waals surface area contributed by atoms with E-state index in [1.807, 2.05) is 0 Å². The Kier molecular flexibility index (Phi) is 7.12. The van der Waals surface area contributed by atoms with Crippen LogP contribution in [0.5, 0.6) is 0 Å². The zero-order chi connectivity index (χ0) is 16.0. The van der Waals surface area contributed by atoms with Gasteiger partial charge in [0.15, 0.2) is 5.41 Å². The first-order chi connectivity index (χ1) is 9.92. The molecule has 0 N–H and O–H groups in total. The van der Waals surface area contributed by atoms with E-state index in [0.29, 0.717) is 19.3 Å². The highest BCUT2D eigenvalue weighted by atomic mass is 127. The van der Waals surface area contributed by atoms with Gasteiger partial charge in [-0.2, -0.15) is 0 Å². The Hall–Kier alpha value is -0.630. The predicted molar refractivity (Wildman–Crippen MR) is 87.0 cm³/mol. The van der Waals surface area contributed by atoms with E-state index in [0.717, 1.165) is 3.58 Å². The minimum absolute atomic E-state index is 0.0358. The Bertz CT molecular complexity index is 389. The van der Waals surface area contributed by atoms with Gasteiger partial charge in [0, 0.05) is 13.0 Å². The highest BCUT2D eigenvalue weighted by molar-refractivity contribution is 14.1. The van der Waals surface area contributed by atoms with Gasteiger partial charge in [-0.25, -0.2) is 0 Å². The van der Waals surface area contributed by atoms with Crippen LogP contribution < -0.4 is 0 Å². The number of methoxy groups -OCH3 is 1. The summed E-state index contributed by atoms with van der Waals surface area (Å²) in [6.07, 6.45) is 1.27. The van der Waals surface area contributed by atoms with Gasteiger partial charge < -0.3 is 14.2 Å². The van der Waals surface area contributed by atoms with E-state index in [9.17, 15) is 9.59 Å². The van der Waals surface area contributed by atoms with Crippen molar-refractivity contribution in [1.82, 2.24) is 0 Å². The molecule has 0 aromatic carbocycles. The van der Waals surface area contributed by atoms with Crippen molar-refractivity contribution in [1.29, 1.82) is 0 Å². The standard InChI is InChI=1S/C15H23IO5/c1-5-20-13(17)15(14(18)21-6-2)8-7-12(19-4)11(9-15)10(3)16/h11-12H,3,5-9H2,1-2,4H3/t11-,12+/m0/s1. The van der Waals surface area contributed by atoms with Crippen molar-refractivity contribution in [3.63, 3.8) is 0 Å². The fourth-order valence-corrected chi connectivity index (χ4v) is 3.41. The summed E-state index contributed by atoms with van der Waals surface area (Å²) in [5, 5.41) is 0. The molecule has 0 radical (unpaired) electrons. The summed E-state index contributed by atoms with van der Waals surface area (Å²) >= 11 is 2.13. The Morgan fingerprint density at radius 3 is 2.14 bits per heavy atom. The topological polar surface area (TPSA) is 61.8 Å². The number of esters is 2. The van der Waals surface area contributed by atoms with Crippen LogP contribution in [0.4, 0.5) is 0 Å². The Balaban J connectivity index is 3.10. The number of carbonyl (C=O) groups is 2. The Labute approximate surface area is 139 Å². The molecule has 0 spiro atoms. The third kappa shape index (κ3) is 3.97. The summed E-state index contributed by atoms with van der Waals surface area (Å²) in [6.45, 7) is 7.89. The van der Waals surface area contributed by atoms with Crippen LogP contribution in [0.25, 0.3) is 0 Å². The van der Waals surface area contributed by atoms with Gasteiger partial charge in [-0.15, -0.1) is 0 Å². The molecule has 0 aliphatic heterocycles. The number of halogens is 1. The van der Waals surface area contributed by atoms with Crippen molar-refractivity contribution < 1.29 is 23.8 Å². The SMILES string of the molecule is C=C(I)[C@@H]1CC(C(=O)OCC)(C(=O)OCC)CC[C@H]1OC. The van der Waals surface area contributed by atoms with Crippen molar-refractivity contribution in [3.05, 3.63) is 10.2 Å². The lowest BCUT2D eigenvalue weighted by molar-refractivity contribution is -0.178. The maximum atomic E-state index is 12.4. The lowest BCUT2D eigenvalue weighted by atomic mass is 9.68. The minimum atomic E-state index is -1.24. The van der Waals surface area contributed by atoms with E-state index < -0.39 is 17.4 Å². The first-order valence-corrected chi connectivity index (χ1v) is 8.22. The van der Waals surface area contributed by atoms with Crippen molar-refractivity contribution in [3.8, 4) is 0 Å². The number of hydrogen-bond acceptors (Lipinski definition) is 5. The minimum Gasteiger partial charge on any atom is -0.465 e. The van der Waals surface area contributed by atoms with Gasteiger partial charge in [0.2, 0.25) is 0 Å². The molecule has 1 aliphatic rings. The van der Waals surface area contributed by atoms with Crippen LogP contribution in [0.3, 0.4) is 0 Å². The zero-order valence-corrected chi connectivity index (χ0v) is 15.0. The monoisotopic (exact) mass is 410 g/mol. The second kappa shape index (κ2) is 8.12. The lowest BCUT2D eigenvalue weighted by Crippen LogP contribution is -2.49. The molecule has 2 atom stereocenters. The van der Waals surface area contributed by atoms with Crippen LogP contribution in [-0.2, 0) is 23.8 Å². The van der Waals surface area contributed by atoms with Crippen molar-refractivity contribution in [2.75, 3.05) is 20.3 Å². The fraction of sp³-hybridized carbons (Fsp3) is 0.733. The maximum absolute atomic E-state index is 12.4. The summed E-state index contributed by atoms with van der Waals surface area (Å²) in [5.74, 6) is -1.07. The van der Waals surface area contributed by atoms with Crippen LogP contribution in [-0.4, -0.2) is 38.4 Å². The van der Waals surface area contributed by atoms with Gasteiger partial charge in [-0.3, -0.25) is 9.59 Å². The van der Waals surface area contributed by atoms with Crippen LogP contribution in [0.15, 0.2) is 10.2 Å². The molecule has 0 amide bonds. The highest BCUT2D eigenvalue weighted by Gasteiger charge is 2.54. The average Bonchev–Trinajstić information content (AvgIpc) is 2.46. The molecule has 0 bridgehead atoms. The second-order valence-electron chi connectivity index (χ2n) is 5.09. The maximum Gasteiger partial charge on any atom is 0.323 e. The normalized spacial score (nSPS) is 24.2. The first-order valence-electron chi connectivity index (χ1n) is 7.14. The molecule has 0 aromatic heterocycles. The quantitative estimate of drug-likeness (QED) is 0.383. The molecule has 0 saturated heterocycles. The van der Waals surface area contributed by atoms with E-state index in [-0.39, 0.29) is 25.2 Å². The molecule has 5 nitrogen and oxygen atoms in total. The molecular formula is C15H23IO5.